The van der Waals surface area contributed by atoms with Gasteiger partial charge in [0.15, 0.2) is 17.0 Å². The van der Waals surface area contributed by atoms with Crippen molar-refractivity contribution in [2.24, 2.45) is 0 Å². The first-order valence-electron chi connectivity index (χ1n) is 11.1. The van der Waals surface area contributed by atoms with Crippen molar-refractivity contribution in [3.63, 3.8) is 0 Å². The second-order valence-electron chi connectivity index (χ2n) is 7.87. The van der Waals surface area contributed by atoms with Crippen LogP contribution in [0.3, 0.4) is 0 Å². The number of morpholine rings is 1. The highest BCUT2D eigenvalue weighted by atomic mass is 16.5. The number of ether oxygens (including phenoxy) is 2. The molecule has 5 rings (SSSR count). The molecule has 0 bridgehead atoms. The molecule has 0 spiro atoms. The van der Waals surface area contributed by atoms with Gasteiger partial charge in [0.1, 0.15) is 5.82 Å². The minimum atomic E-state index is 0.515. The zero-order valence-corrected chi connectivity index (χ0v) is 19.1. The van der Waals surface area contributed by atoms with Gasteiger partial charge in [-0.1, -0.05) is 30.3 Å². The molecule has 0 saturated carbocycles. The molecule has 1 fully saturated rings. The summed E-state index contributed by atoms with van der Waals surface area (Å²) in [6.07, 6.45) is 5.50. The smallest absolute Gasteiger partial charge is 0.254 e. The summed E-state index contributed by atoms with van der Waals surface area (Å²) < 4.78 is 14.6. The number of fused-ring (bicyclic) bond motifs is 1. The van der Waals surface area contributed by atoms with Gasteiger partial charge in [0.05, 0.1) is 32.8 Å². The average molecular weight is 446 g/mol. The van der Waals surface area contributed by atoms with Crippen LogP contribution in [0.15, 0.2) is 49.0 Å². The van der Waals surface area contributed by atoms with Gasteiger partial charge in [0.2, 0.25) is 0 Å². The van der Waals surface area contributed by atoms with Crippen LogP contribution in [0.5, 0.6) is 0 Å². The molecule has 0 aliphatic carbocycles. The lowest BCUT2D eigenvalue weighted by molar-refractivity contribution is 0.122. The maximum atomic E-state index is 5.57. The van der Waals surface area contributed by atoms with E-state index in [0.29, 0.717) is 25.7 Å². The Labute approximate surface area is 192 Å². The summed E-state index contributed by atoms with van der Waals surface area (Å²) in [6, 6.07) is 10.2. The highest BCUT2D eigenvalue weighted by molar-refractivity contribution is 5.87. The molecule has 4 heterocycles. The van der Waals surface area contributed by atoms with Crippen LogP contribution in [0.2, 0.25) is 0 Å². The van der Waals surface area contributed by atoms with Crippen LogP contribution in [0.1, 0.15) is 19.7 Å². The Bertz CT molecular complexity index is 1290. The largest absolute Gasteiger partial charge is 0.504 e. The molecule has 170 valence electrons. The van der Waals surface area contributed by atoms with Gasteiger partial charge in [-0.05, 0) is 19.4 Å². The van der Waals surface area contributed by atoms with Crippen LogP contribution in [-0.2, 0) is 16.0 Å². The van der Waals surface area contributed by atoms with Gasteiger partial charge in [-0.25, -0.2) is 9.67 Å². The number of nitrogens with zero attached hydrogens (tertiary/aromatic N) is 7. The Morgan fingerprint density at radius 3 is 2.61 bits per heavy atom. The first-order valence-corrected chi connectivity index (χ1v) is 11.1. The van der Waals surface area contributed by atoms with E-state index >= 15 is 0 Å². The van der Waals surface area contributed by atoms with E-state index in [1.54, 1.807) is 18.1 Å². The summed E-state index contributed by atoms with van der Waals surface area (Å²) in [5, 5.41) is 4.57. The number of hydrogen-bond donors (Lipinski definition) is 0. The van der Waals surface area contributed by atoms with Crippen LogP contribution in [-0.4, -0.2) is 62.7 Å². The summed E-state index contributed by atoms with van der Waals surface area (Å²) in [7, 11) is 1.64. The Morgan fingerprint density at radius 1 is 1.09 bits per heavy atom. The molecule has 0 radical (unpaired) electrons. The number of methoxy groups -OCH3 is 1. The molecule has 9 nitrogen and oxygen atoms in total. The first kappa shape index (κ1) is 21.1. The number of allylic oxidation sites excluding steroid dienone is 1. The molecule has 3 aromatic heterocycles. The third-order valence-corrected chi connectivity index (χ3v) is 5.73. The van der Waals surface area contributed by atoms with E-state index in [2.05, 4.69) is 33.6 Å². The fourth-order valence-electron chi connectivity index (χ4n) is 4.12. The molecular formula is C24H27N7O2. The van der Waals surface area contributed by atoms with Crippen molar-refractivity contribution in [2.45, 2.75) is 20.4 Å². The van der Waals surface area contributed by atoms with Gasteiger partial charge < -0.3 is 18.9 Å². The molecular weight excluding hydrogens is 418 g/mol. The number of benzene rings is 1. The van der Waals surface area contributed by atoms with E-state index in [1.165, 1.54) is 0 Å². The van der Waals surface area contributed by atoms with Gasteiger partial charge in [-0.3, -0.25) is 0 Å². The molecule has 1 aliphatic heterocycles. The fourth-order valence-corrected chi connectivity index (χ4v) is 4.12. The maximum absolute atomic E-state index is 5.57. The van der Waals surface area contributed by atoms with E-state index in [-0.39, 0.29) is 0 Å². The number of aromatic nitrogens is 6. The second-order valence-corrected chi connectivity index (χ2v) is 7.87. The van der Waals surface area contributed by atoms with E-state index in [0.717, 1.165) is 52.6 Å². The molecule has 1 aliphatic rings. The predicted molar refractivity (Wildman–Crippen MR) is 127 cm³/mol. The normalized spacial score (nSPS) is 14.8. The van der Waals surface area contributed by atoms with Crippen molar-refractivity contribution >= 4 is 22.6 Å². The zero-order valence-electron chi connectivity index (χ0n) is 19.1. The van der Waals surface area contributed by atoms with Crippen molar-refractivity contribution in [1.29, 1.82) is 0 Å². The summed E-state index contributed by atoms with van der Waals surface area (Å²) in [6.45, 7) is 7.60. The Morgan fingerprint density at radius 2 is 1.88 bits per heavy atom. The van der Waals surface area contributed by atoms with Gasteiger partial charge in [0, 0.05) is 37.0 Å². The average Bonchev–Trinajstić information content (AvgIpc) is 3.50. The number of anilines is 1. The number of imidazole rings is 1. The van der Waals surface area contributed by atoms with Gasteiger partial charge in [-0.2, -0.15) is 15.1 Å². The predicted octanol–water partition coefficient (Wildman–Crippen LogP) is 3.54. The lowest BCUT2D eigenvalue weighted by atomic mass is 10.1. The summed E-state index contributed by atoms with van der Waals surface area (Å²) in [5.41, 5.74) is 4.59. The third kappa shape index (κ3) is 3.95. The van der Waals surface area contributed by atoms with Crippen LogP contribution in [0, 0.1) is 0 Å². The van der Waals surface area contributed by atoms with Crippen LogP contribution in [0.4, 0.5) is 5.82 Å². The monoisotopic (exact) mass is 445 g/mol. The number of rotatable bonds is 6. The van der Waals surface area contributed by atoms with Crippen molar-refractivity contribution in [2.75, 3.05) is 38.3 Å². The molecule has 4 aromatic rings. The van der Waals surface area contributed by atoms with Crippen LogP contribution < -0.4 is 4.90 Å². The van der Waals surface area contributed by atoms with E-state index in [4.69, 9.17) is 24.4 Å². The van der Waals surface area contributed by atoms with Crippen molar-refractivity contribution in [3.8, 4) is 17.1 Å². The lowest BCUT2D eigenvalue weighted by Gasteiger charge is -2.28. The van der Waals surface area contributed by atoms with E-state index in [9.17, 15) is 0 Å². The Kier molecular flexibility index (Phi) is 5.78. The third-order valence-electron chi connectivity index (χ3n) is 5.73. The molecule has 0 atom stereocenters. The molecule has 1 saturated heterocycles. The first-order chi connectivity index (χ1) is 16.2. The Hall–Kier alpha value is -3.72. The van der Waals surface area contributed by atoms with Gasteiger partial charge >= 0.3 is 0 Å². The van der Waals surface area contributed by atoms with Crippen molar-refractivity contribution in [3.05, 3.63) is 54.8 Å². The molecule has 1 aromatic carbocycles. The quantitative estimate of drug-likeness (QED) is 0.420. The second kappa shape index (κ2) is 9.03. The van der Waals surface area contributed by atoms with Crippen LogP contribution >= 0.6 is 0 Å². The fraction of sp³-hybridized carbons (Fsp3) is 0.333. The summed E-state index contributed by atoms with van der Waals surface area (Å²) >= 11 is 0. The highest BCUT2D eigenvalue weighted by Gasteiger charge is 2.24. The van der Waals surface area contributed by atoms with E-state index < -0.39 is 0 Å². The van der Waals surface area contributed by atoms with Crippen molar-refractivity contribution < 1.29 is 9.47 Å². The lowest BCUT2D eigenvalue weighted by Crippen LogP contribution is -2.37. The molecule has 0 amide bonds. The SMILES string of the molecule is CCn1c(C(C)=COC)nc2c(N3CCOCC3)nc(-n3cc(-c4ccccc4)cn3)nc21. The standard InChI is InChI=1S/C24H27N7O2/c1-4-30-21(17(2)16-32-3)26-20-22(29-10-12-33-13-11-29)27-24(28-23(20)30)31-15-19(14-25-31)18-8-6-5-7-9-18/h5-9,14-16H,4,10-13H2,1-3H3. The zero-order chi connectivity index (χ0) is 22.8. The maximum Gasteiger partial charge on any atom is 0.254 e. The highest BCUT2D eigenvalue weighted by Crippen LogP contribution is 2.29. The van der Waals surface area contributed by atoms with Gasteiger partial charge in [0.25, 0.3) is 5.95 Å². The van der Waals surface area contributed by atoms with Crippen molar-refractivity contribution in [1.82, 2.24) is 29.3 Å². The topological polar surface area (TPSA) is 83.1 Å². The molecule has 0 unspecified atom stereocenters. The number of aryl methyl sites for hydroxylation is 1. The molecule has 9 heteroatoms. The minimum Gasteiger partial charge on any atom is -0.504 e. The number of hydrogen-bond acceptors (Lipinski definition) is 7. The van der Waals surface area contributed by atoms with Gasteiger partial charge in [-0.15, -0.1) is 0 Å². The van der Waals surface area contributed by atoms with Crippen LogP contribution in [0.25, 0.3) is 33.8 Å². The molecule has 0 N–H and O–H groups in total. The Balaban J connectivity index is 1.68. The molecule has 33 heavy (non-hydrogen) atoms. The van der Waals surface area contributed by atoms with E-state index in [1.807, 2.05) is 37.5 Å². The summed E-state index contributed by atoms with van der Waals surface area (Å²) in [5.74, 6) is 2.13. The summed E-state index contributed by atoms with van der Waals surface area (Å²) in [4.78, 5) is 17.0. The minimum absolute atomic E-state index is 0.515.